The molecule has 0 atom stereocenters. The molecule has 0 unspecified atom stereocenters. The molecule has 1 rings (SSSR count). The molecular formula is C11H16N2O2. The number of benzene rings is 1. The number of rotatable bonds is 5. The Morgan fingerprint density at radius 1 is 1.33 bits per heavy atom. The van der Waals surface area contributed by atoms with E-state index in [4.69, 9.17) is 9.94 Å². The smallest absolute Gasteiger partial charge is 0.119 e. The Balaban J connectivity index is 2.42. The van der Waals surface area contributed by atoms with Crippen molar-refractivity contribution in [1.29, 1.82) is 0 Å². The Labute approximate surface area is 89.8 Å². The average Bonchev–Trinajstić information content (AvgIpc) is 2.20. The van der Waals surface area contributed by atoms with Crippen LogP contribution in [-0.2, 0) is 0 Å². The lowest BCUT2D eigenvalue weighted by Gasteiger charge is -2.10. The number of hydrogen-bond donors (Lipinski definition) is 1. The van der Waals surface area contributed by atoms with Gasteiger partial charge in [-0.25, -0.2) is 0 Å². The van der Waals surface area contributed by atoms with E-state index in [-0.39, 0.29) is 0 Å². The predicted molar refractivity (Wildman–Crippen MR) is 59.9 cm³/mol. The topological polar surface area (TPSA) is 45.1 Å². The van der Waals surface area contributed by atoms with Crippen LogP contribution >= 0.6 is 0 Å². The number of ether oxygens (including phenoxy) is 1. The fourth-order valence-corrected chi connectivity index (χ4v) is 1.06. The Morgan fingerprint density at radius 3 is 2.53 bits per heavy atom. The molecule has 4 nitrogen and oxygen atoms in total. The molecule has 0 spiro atoms. The van der Waals surface area contributed by atoms with E-state index >= 15 is 0 Å². The first kappa shape index (κ1) is 11.5. The first-order chi connectivity index (χ1) is 7.22. The molecule has 82 valence electrons. The highest BCUT2D eigenvalue weighted by molar-refractivity contribution is 5.79. The summed E-state index contributed by atoms with van der Waals surface area (Å²) in [6.07, 6.45) is 1.38. The van der Waals surface area contributed by atoms with Gasteiger partial charge < -0.3 is 14.8 Å². The molecule has 0 aliphatic heterocycles. The molecular weight excluding hydrogens is 192 g/mol. The molecule has 15 heavy (non-hydrogen) atoms. The van der Waals surface area contributed by atoms with Crippen LogP contribution in [0.2, 0.25) is 0 Å². The maximum atomic E-state index is 8.32. The zero-order valence-electron chi connectivity index (χ0n) is 9.05. The first-order valence-corrected chi connectivity index (χ1v) is 4.77. The molecule has 0 aliphatic rings. The largest absolute Gasteiger partial charge is 0.492 e. The summed E-state index contributed by atoms with van der Waals surface area (Å²) in [6, 6.07) is 7.38. The summed E-state index contributed by atoms with van der Waals surface area (Å²) in [5.41, 5.74) is 0.845. The van der Waals surface area contributed by atoms with E-state index in [2.05, 4.69) is 10.1 Å². The van der Waals surface area contributed by atoms with Crippen molar-refractivity contribution in [2.45, 2.75) is 0 Å². The van der Waals surface area contributed by atoms with Crippen molar-refractivity contribution in [2.75, 3.05) is 27.2 Å². The van der Waals surface area contributed by atoms with Crippen molar-refractivity contribution in [3.8, 4) is 5.75 Å². The zero-order chi connectivity index (χ0) is 11.1. The number of likely N-dealkylation sites (N-methyl/N-ethyl adjacent to an activating group) is 1. The van der Waals surface area contributed by atoms with Gasteiger partial charge in [-0.3, -0.25) is 0 Å². The average molecular weight is 208 g/mol. The van der Waals surface area contributed by atoms with Gasteiger partial charge in [0, 0.05) is 6.54 Å². The van der Waals surface area contributed by atoms with E-state index in [1.54, 1.807) is 0 Å². The second kappa shape index (κ2) is 6.03. The van der Waals surface area contributed by atoms with Crippen LogP contribution in [0.4, 0.5) is 0 Å². The highest BCUT2D eigenvalue weighted by Gasteiger charge is 1.94. The van der Waals surface area contributed by atoms with Crippen molar-refractivity contribution >= 4 is 6.21 Å². The van der Waals surface area contributed by atoms with Crippen LogP contribution in [-0.4, -0.2) is 43.6 Å². The highest BCUT2D eigenvalue weighted by atomic mass is 16.5. The van der Waals surface area contributed by atoms with Gasteiger partial charge >= 0.3 is 0 Å². The molecule has 0 aliphatic carbocycles. The van der Waals surface area contributed by atoms with E-state index in [9.17, 15) is 0 Å². The Kier molecular flexibility index (Phi) is 4.63. The second-order valence-electron chi connectivity index (χ2n) is 3.47. The third-order valence-corrected chi connectivity index (χ3v) is 1.89. The van der Waals surface area contributed by atoms with E-state index in [1.807, 2.05) is 38.4 Å². The van der Waals surface area contributed by atoms with Crippen LogP contribution in [0.1, 0.15) is 5.56 Å². The quantitative estimate of drug-likeness (QED) is 0.452. The van der Waals surface area contributed by atoms with Crippen LogP contribution in [0.3, 0.4) is 0 Å². The summed E-state index contributed by atoms with van der Waals surface area (Å²) < 4.78 is 5.50. The summed E-state index contributed by atoms with van der Waals surface area (Å²) >= 11 is 0. The van der Waals surface area contributed by atoms with Crippen molar-refractivity contribution in [2.24, 2.45) is 5.16 Å². The van der Waals surface area contributed by atoms with Gasteiger partial charge in [-0.05, 0) is 43.9 Å². The van der Waals surface area contributed by atoms with E-state index < -0.39 is 0 Å². The second-order valence-corrected chi connectivity index (χ2v) is 3.47. The van der Waals surface area contributed by atoms with Crippen molar-refractivity contribution in [1.82, 2.24) is 4.90 Å². The number of nitrogens with zero attached hydrogens (tertiary/aromatic N) is 2. The third kappa shape index (κ3) is 4.46. The Hall–Kier alpha value is -1.55. The molecule has 0 radical (unpaired) electrons. The molecule has 4 heteroatoms. The molecule has 0 heterocycles. The SMILES string of the molecule is CN(C)CCOc1ccc(/C=N\O)cc1. The minimum atomic E-state index is 0.667. The normalized spacial score (nSPS) is 11.1. The summed E-state index contributed by atoms with van der Waals surface area (Å²) in [5.74, 6) is 0.826. The maximum Gasteiger partial charge on any atom is 0.119 e. The van der Waals surface area contributed by atoms with Crippen molar-refractivity contribution in [3.05, 3.63) is 29.8 Å². The predicted octanol–water partition coefficient (Wildman–Crippen LogP) is 1.44. The lowest BCUT2D eigenvalue weighted by Crippen LogP contribution is -2.19. The minimum Gasteiger partial charge on any atom is -0.492 e. The zero-order valence-corrected chi connectivity index (χ0v) is 9.05. The molecule has 1 aromatic carbocycles. The van der Waals surface area contributed by atoms with Gasteiger partial charge in [0.1, 0.15) is 12.4 Å². The van der Waals surface area contributed by atoms with Gasteiger partial charge in [0.15, 0.2) is 0 Å². The molecule has 1 aromatic rings. The molecule has 0 fully saturated rings. The minimum absolute atomic E-state index is 0.667. The van der Waals surface area contributed by atoms with Crippen LogP contribution in [0.5, 0.6) is 5.75 Å². The third-order valence-electron chi connectivity index (χ3n) is 1.89. The van der Waals surface area contributed by atoms with E-state index in [0.29, 0.717) is 6.61 Å². The summed E-state index contributed by atoms with van der Waals surface area (Å²) in [5, 5.41) is 11.3. The number of oxime groups is 1. The fraction of sp³-hybridized carbons (Fsp3) is 0.364. The molecule has 0 amide bonds. The van der Waals surface area contributed by atoms with Gasteiger partial charge in [0.2, 0.25) is 0 Å². The summed E-state index contributed by atoms with van der Waals surface area (Å²) in [4.78, 5) is 2.06. The molecule has 0 saturated carbocycles. The van der Waals surface area contributed by atoms with Gasteiger partial charge in [-0.1, -0.05) is 5.16 Å². The summed E-state index contributed by atoms with van der Waals surface area (Å²) in [6.45, 7) is 1.56. The van der Waals surface area contributed by atoms with Crippen LogP contribution in [0.25, 0.3) is 0 Å². The van der Waals surface area contributed by atoms with Crippen LogP contribution < -0.4 is 4.74 Å². The van der Waals surface area contributed by atoms with Gasteiger partial charge in [-0.15, -0.1) is 0 Å². The standard InChI is InChI=1S/C11H16N2O2/c1-13(2)7-8-15-11-5-3-10(4-6-11)9-12-14/h3-6,9,14H,7-8H2,1-2H3/b12-9-. The maximum absolute atomic E-state index is 8.32. The molecule has 0 bridgehead atoms. The highest BCUT2D eigenvalue weighted by Crippen LogP contribution is 2.10. The number of hydrogen-bond acceptors (Lipinski definition) is 4. The van der Waals surface area contributed by atoms with Crippen LogP contribution in [0, 0.1) is 0 Å². The van der Waals surface area contributed by atoms with E-state index in [1.165, 1.54) is 6.21 Å². The molecule has 0 saturated heterocycles. The lowest BCUT2D eigenvalue weighted by atomic mass is 10.2. The molecule has 1 N–H and O–H groups in total. The Morgan fingerprint density at radius 2 is 2.00 bits per heavy atom. The summed E-state index contributed by atoms with van der Waals surface area (Å²) in [7, 11) is 4.01. The monoisotopic (exact) mass is 208 g/mol. The molecule has 0 aromatic heterocycles. The Bertz CT molecular complexity index is 307. The van der Waals surface area contributed by atoms with Crippen LogP contribution in [0.15, 0.2) is 29.4 Å². The fourth-order valence-electron chi connectivity index (χ4n) is 1.06. The van der Waals surface area contributed by atoms with Gasteiger partial charge in [0.05, 0.1) is 6.21 Å². The first-order valence-electron chi connectivity index (χ1n) is 4.77. The van der Waals surface area contributed by atoms with Crippen molar-refractivity contribution < 1.29 is 9.94 Å². The van der Waals surface area contributed by atoms with Gasteiger partial charge in [-0.2, -0.15) is 0 Å². The van der Waals surface area contributed by atoms with E-state index in [0.717, 1.165) is 17.9 Å². The van der Waals surface area contributed by atoms with Gasteiger partial charge in [0.25, 0.3) is 0 Å². The lowest BCUT2D eigenvalue weighted by molar-refractivity contribution is 0.261. The van der Waals surface area contributed by atoms with Crippen molar-refractivity contribution in [3.63, 3.8) is 0 Å².